The molecule has 0 aliphatic rings. The fourth-order valence-electron chi connectivity index (χ4n) is 1.55. The molecule has 0 spiro atoms. The van der Waals surface area contributed by atoms with Crippen LogP contribution in [0.15, 0.2) is 36.5 Å². The lowest BCUT2D eigenvalue weighted by molar-refractivity contribution is 0.227. The van der Waals surface area contributed by atoms with E-state index in [2.05, 4.69) is 4.98 Å². The minimum absolute atomic E-state index is 0.240. The van der Waals surface area contributed by atoms with Crippen LogP contribution in [0.2, 0.25) is 5.02 Å². The molecular formula is C13H12ClFN2O. The van der Waals surface area contributed by atoms with E-state index in [0.29, 0.717) is 11.6 Å². The summed E-state index contributed by atoms with van der Waals surface area (Å²) in [7, 11) is 0. The van der Waals surface area contributed by atoms with Gasteiger partial charge in [0.25, 0.3) is 0 Å². The molecule has 0 amide bonds. The van der Waals surface area contributed by atoms with Crippen molar-refractivity contribution in [3.8, 4) is 5.75 Å². The molecule has 0 fully saturated rings. The monoisotopic (exact) mass is 266 g/mol. The van der Waals surface area contributed by atoms with E-state index in [-0.39, 0.29) is 11.1 Å². The molecule has 5 heteroatoms. The highest BCUT2D eigenvalue weighted by molar-refractivity contribution is 6.32. The molecule has 2 N–H and O–H groups in total. The van der Waals surface area contributed by atoms with Gasteiger partial charge in [0, 0.05) is 6.20 Å². The van der Waals surface area contributed by atoms with Crippen LogP contribution < -0.4 is 10.5 Å². The van der Waals surface area contributed by atoms with Crippen molar-refractivity contribution in [1.29, 1.82) is 0 Å². The molecular weight excluding hydrogens is 255 g/mol. The molecule has 0 aliphatic carbocycles. The normalized spacial score (nSPS) is 12.2. The number of aromatic nitrogens is 1. The van der Waals surface area contributed by atoms with Crippen LogP contribution in [-0.4, -0.2) is 4.98 Å². The van der Waals surface area contributed by atoms with E-state index in [4.69, 9.17) is 22.1 Å². The van der Waals surface area contributed by atoms with Crippen LogP contribution >= 0.6 is 11.6 Å². The lowest BCUT2D eigenvalue weighted by Crippen LogP contribution is -2.04. The number of anilines is 1. The summed E-state index contributed by atoms with van der Waals surface area (Å²) in [4.78, 5) is 3.90. The summed E-state index contributed by atoms with van der Waals surface area (Å²) in [5, 5.41) is 0.240. The fourth-order valence-corrected chi connectivity index (χ4v) is 1.76. The van der Waals surface area contributed by atoms with E-state index in [1.165, 1.54) is 18.2 Å². The third kappa shape index (κ3) is 2.90. The average Bonchev–Trinajstić information content (AvgIpc) is 2.32. The number of benzene rings is 1. The lowest BCUT2D eigenvalue weighted by atomic mass is 10.1. The molecule has 1 aromatic heterocycles. The molecule has 1 unspecified atom stereocenters. The zero-order valence-corrected chi connectivity index (χ0v) is 10.5. The summed E-state index contributed by atoms with van der Waals surface area (Å²) in [6.07, 6.45) is 1.36. The number of halogens is 2. The maximum absolute atomic E-state index is 12.9. The van der Waals surface area contributed by atoms with E-state index < -0.39 is 5.82 Å². The molecule has 3 nitrogen and oxygen atoms in total. The maximum atomic E-state index is 12.9. The number of rotatable bonds is 3. The highest BCUT2D eigenvalue weighted by atomic mass is 35.5. The molecule has 2 rings (SSSR count). The highest BCUT2D eigenvalue weighted by Crippen LogP contribution is 2.29. The Morgan fingerprint density at radius 3 is 2.78 bits per heavy atom. The summed E-state index contributed by atoms with van der Waals surface area (Å²) in [5.41, 5.74) is 6.47. The van der Waals surface area contributed by atoms with E-state index in [0.717, 1.165) is 5.56 Å². The van der Waals surface area contributed by atoms with Gasteiger partial charge < -0.3 is 10.5 Å². The number of ether oxygens (including phenoxy) is 1. The van der Waals surface area contributed by atoms with Crippen molar-refractivity contribution in [2.24, 2.45) is 0 Å². The van der Waals surface area contributed by atoms with Crippen LogP contribution in [0.1, 0.15) is 18.6 Å². The Bertz CT molecular complexity index is 562. The van der Waals surface area contributed by atoms with Crippen LogP contribution in [-0.2, 0) is 0 Å². The highest BCUT2D eigenvalue weighted by Gasteiger charge is 2.10. The Balaban J connectivity index is 2.18. The van der Waals surface area contributed by atoms with Gasteiger partial charge in [0.15, 0.2) is 0 Å². The minimum atomic E-state index is -0.395. The SMILES string of the molecule is CC(Oc1ccc(F)cc1Cl)c1ccnc(N)c1. The van der Waals surface area contributed by atoms with Crippen molar-refractivity contribution in [1.82, 2.24) is 4.98 Å². The van der Waals surface area contributed by atoms with Crippen LogP contribution in [0.25, 0.3) is 0 Å². The van der Waals surface area contributed by atoms with Gasteiger partial charge in [0.2, 0.25) is 0 Å². The molecule has 94 valence electrons. The van der Waals surface area contributed by atoms with Crippen molar-refractivity contribution >= 4 is 17.4 Å². The Morgan fingerprint density at radius 1 is 1.33 bits per heavy atom. The standard InChI is InChI=1S/C13H12ClFN2O/c1-8(9-4-5-17-13(16)6-9)18-12-3-2-10(15)7-11(12)14/h2-8H,1H3,(H2,16,17). The van der Waals surface area contributed by atoms with Gasteiger partial charge in [0.1, 0.15) is 23.5 Å². The first kappa shape index (κ1) is 12.6. The summed E-state index contributed by atoms with van der Waals surface area (Å²) in [5.74, 6) is 0.460. The van der Waals surface area contributed by atoms with Gasteiger partial charge in [-0.1, -0.05) is 11.6 Å². The predicted molar refractivity (Wildman–Crippen MR) is 69.1 cm³/mol. The van der Waals surface area contributed by atoms with Crippen LogP contribution in [0.5, 0.6) is 5.75 Å². The summed E-state index contributed by atoms with van der Waals surface area (Å²) in [6.45, 7) is 1.86. The number of nitrogens with zero attached hydrogens (tertiary/aromatic N) is 1. The first-order valence-corrected chi connectivity index (χ1v) is 5.77. The topological polar surface area (TPSA) is 48.1 Å². The minimum Gasteiger partial charge on any atom is -0.484 e. The number of hydrogen-bond donors (Lipinski definition) is 1. The molecule has 1 heterocycles. The third-order valence-electron chi connectivity index (χ3n) is 2.47. The van der Waals surface area contributed by atoms with Crippen molar-refractivity contribution in [3.05, 3.63) is 52.9 Å². The predicted octanol–water partition coefficient (Wildman–Crippen LogP) is 3.60. The van der Waals surface area contributed by atoms with Gasteiger partial charge in [-0.25, -0.2) is 9.37 Å². The Morgan fingerprint density at radius 2 is 2.11 bits per heavy atom. The summed E-state index contributed by atoms with van der Waals surface area (Å²) >= 11 is 5.89. The Labute approximate surface area is 109 Å². The van der Waals surface area contributed by atoms with E-state index in [9.17, 15) is 4.39 Å². The smallest absolute Gasteiger partial charge is 0.139 e. The molecule has 1 aromatic carbocycles. The quantitative estimate of drug-likeness (QED) is 0.923. The molecule has 1 atom stereocenters. The van der Waals surface area contributed by atoms with Crippen molar-refractivity contribution in [3.63, 3.8) is 0 Å². The fraction of sp³-hybridized carbons (Fsp3) is 0.154. The van der Waals surface area contributed by atoms with E-state index in [1.54, 1.807) is 18.3 Å². The van der Waals surface area contributed by atoms with E-state index >= 15 is 0 Å². The van der Waals surface area contributed by atoms with Crippen LogP contribution in [0.4, 0.5) is 10.2 Å². The number of nitrogens with two attached hydrogens (primary N) is 1. The van der Waals surface area contributed by atoms with Gasteiger partial charge in [0.05, 0.1) is 5.02 Å². The van der Waals surface area contributed by atoms with E-state index in [1.807, 2.05) is 6.92 Å². The van der Waals surface area contributed by atoms with Crippen molar-refractivity contribution in [2.75, 3.05) is 5.73 Å². The van der Waals surface area contributed by atoms with Crippen LogP contribution in [0, 0.1) is 5.82 Å². The molecule has 0 bridgehead atoms. The van der Waals surface area contributed by atoms with Crippen LogP contribution in [0.3, 0.4) is 0 Å². The maximum Gasteiger partial charge on any atom is 0.139 e. The second kappa shape index (κ2) is 5.23. The number of nitrogen functional groups attached to an aromatic ring is 1. The van der Waals surface area contributed by atoms with Gasteiger partial charge >= 0.3 is 0 Å². The number of hydrogen-bond acceptors (Lipinski definition) is 3. The summed E-state index contributed by atoms with van der Waals surface area (Å²) in [6, 6.07) is 7.54. The lowest BCUT2D eigenvalue weighted by Gasteiger charge is -2.16. The molecule has 2 aromatic rings. The van der Waals surface area contributed by atoms with Gasteiger partial charge in [-0.2, -0.15) is 0 Å². The van der Waals surface area contributed by atoms with Gasteiger partial charge in [-0.05, 0) is 42.8 Å². The van der Waals surface area contributed by atoms with Crippen molar-refractivity contribution < 1.29 is 9.13 Å². The molecule has 18 heavy (non-hydrogen) atoms. The first-order valence-electron chi connectivity index (χ1n) is 5.39. The largest absolute Gasteiger partial charge is 0.484 e. The Hall–Kier alpha value is -1.81. The zero-order chi connectivity index (χ0) is 13.1. The van der Waals surface area contributed by atoms with Gasteiger partial charge in [-0.3, -0.25) is 0 Å². The zero-order valence-electron chi connectivity index (χ0n) is 9.73. The molecule has 0 saturated carbocycles. The Kier molecular flexibility index (Phi) is 3.67. The molecule has 0 aliphatic heterocycles. The summed E-state index contributed by atoms with van der Waals surface area (Å²) < 4.78 is 18.6. The first-order chi connectivity index (χ1) is 8.56. The van der Waals surface area contributed by atoms with Crippen molar-refractivity contribution in [2.45, 2.75) is 13.0 Å². The third-order valence-corrected chi connectivity index (χ3v) is 2.77. The second-order valence-electron chi connectivity index (χ2n) is 3.85. The second-order valence-corrected chi connectivity index (χ2v) is 4.26. The van der Waals surface area contributed by atoms with Gasteiger partial charge in [-0.15, -0.1) is 0 Å². The number of pyridine rings is 1. The molecule has 0 saturated heterocycles. The average molecular weight is 267 g/mol. The molecule has 0 radical (unpaired) electrons.